The van der Waals surface area contributed by atoms with Gasteiger partial charge in [0.15, 0.2) is 6.10 Å². The fourth-order valence-corrected chi connectivity index (χ4v) is 3.87. The number of para-hydroxylation sites is 1. The Morgan fingerprint density at radius 1 is 1.27 bits per heavy atom. The Hall–Kier alpha value is -2.56. The standard InChI is InChI=1S/C21H26N2O3/c1-6-22-13(2)12-18(15(22)4)21(25)26-16(5)20(24)23-14(3)11-17-9-7-8-10-19(17)23/h7-10,12,14,16H,6,11H2,1-5H3/t14-,16-/m1/s1. The number of hydrogen-bond acceptors (Lipinski definition) is 3. The topological polar surface area (TPSA) is 51.5 Å². The van der Waals surface area contributed by atoms with Crippen LogP contribution in [0.5, 0.6) is 0 Å². The van der Waals surface area contributed by atoms with Crippen molar-refractivity contribution in [3.63, 3.8) is 0 Å². The van der Waals surface area contributed by atoms with Gasteiger partial charge >= 0.3 is 5.97 Å². The van der Waals surface area contributed by atoms with Crippen LogP contribution in [0, 0.1) is 13.8 Å². The molecule has 5 heteroatoms. The Morgan fingerprint density at radius 2 is 1.96 bits per heavy atom. The molecular formula is C21H26N2O3. The van der Waals surface area contributed by atoms with E-state index in [1.54, 1.807) is 11.8 Å². The van der Waals surface area contributed by atoms with Crippen LogP contribution in [0.4, 0.5) is 5.69 Å². The third-order valence-corrected chi connectivity index (χ3v) is 5.19. The van der Waals surface area contributed by atoms with E-state index in [0.29, 0.717) is 5.56 Å². The summed E-state index contributed by atoms with van der Waals surface area (Å²) in [7, 11) is 0. The van der Waals surface area contributed by atoms with Crippen molar-refractivity contribution in [2.24, 2.45) is 0 Å². The second-order valence-electron chi connectivity index (χ2n) is 6.97. The average molecular weight is 354 g/mol. The van der Waals surface area contributed by atoms with Crippen LogP contribution in [-0.2, 0) is 22.5 Å². The molecule has 1 amide bonds. The molecule has 0 fully saturated rings. The van der Waals surface area contributed by atoms with E-state index >= 15 is 0 Å². The lowest BCUT2D eigenvalue weighted by atomic mass is 10.1. The van der Waals surface area contributed by atoms with Crippen molar-refractivity contribution >= 4 is 17.6 Å². The summed E-state index contributed by atoms with van der Waals surface area (Å²) >= 11 is 0. The first-order valence-electron chi connectivity index (χ1n) is 9.13. The van der Waals surface area contributed by atoms with Crippen LogP contribution >= 0.6 is 0 Å². The van der Waals surface area contributed by atoms with E-state index < -0.39 is 12.1 Å². The minimum Gasteiger partial charge on any atom is -0.449 e. The number of hydrogen-bond donors (Lipinski definition) is 0. The highest BCUT2D eigenvalue weighted by atomic mass is 16.5. The lowest BCUT2D eigenvalue weighted by Crippen LogP contribution is -2.43. The molecule has 0 saturated carbocycles. The Morgan fingerprint density at radius 3 is 2.62 bits per heavy atom. The van der Waals surface area contributed by atoms with Crippen LogP contribution in [-0.4, -0.2) is 28.6 Å². The number of ether oxygens (including phenoxy) is 1. The molecule has 0 spiro atoms. The molecule has 1 aromatic carbocycles. The van der Waals surface area contributed by atoms with Gasteiger partial charge in [-0.15, -0.1) is 0 Å². The van der Waals surface area contributed by atoms with Crippen molar-refractivity contribution in [2.45, 2.75) is 59.7 Å². The number of carbonyl (C=O) groups excluding carboxylic acids is 2. The molecule has 1 aliphatic rings. The summed E-state index contributed by atoms with van der Waals surface area (Å²) < 4.78 is 7.58. The first kappa shape index (κ1) is 18.2. The summed E-state index contributed by atoms with van der Waals surface area (Å²) in [6.07, 6.45) is -0.0129. The molecule has 5 nitrogen and oxygen atoms in total. The molecule has 0 N–H and O–H groups in total. The monoisotopic (exact) mass is 354 g/mol. The van der Waals surface area contributed by atoms with E-state index in [2.05, 4.69) is 4.57 Å². The van der Waals surface area contributed by atoms with Crippen molar-refractivity contribution < 1.29 is 14.3 Å². The molecule has 2 heterocycles. The van der Waals surface area contributed by atoms with Crippen LogP contribution in [0.15, 0.2) is 30.3 Å². The number of carbonyl (C=O) groups is 2. The van der Waals surface area contributed by atoms with Gasteiger partial charge in [0.2, 0.25) is 0 Å². The van der Waals surface area contributed by atoms with Crippen LogP contribution in [0.1, 0.15) is 48.1 Å². The summed E-state index contributed by atoms with van der Waals surface area (Å²) in [5.74, 6) is -0.626. The van der Waals surface area contributed by atoms with Gasteiger partial charge in [-0.1, -0.05) is 18.2 Å². The quantitative estimate of drug-likeness (QED) is 0.788. The van der Waals surface area contributed by atoms with E-state index in [4.69, 9.17) is 4.74 Å². The maximum absolute atomic E-state index is 12.9. The zero-order valence-electron chi connectivity index (χ0n) is 16.1. The summed E-state index contributed by atoms with van der Waals surface area (Å²) in [6.45, 7) is 10.4. The number of fused-ring (bicyclic) bond motifs is 1. The highest BCUT2D eigenvalue weighted by molar-refractivity contribution is 6.01. The van der Waals surface area contributed by atoms with E-state index in [1.807, 2.05) is 58.0 Å². The van der Waals surface area contributed by atoms with E-state index in [9.17, 15) is 9.59 Å². The number of amides is 1. The van der Waals surface area contributed by atoms with Crippen molar-refractivity contribution in [2.75, 3.05) is 4.90 Å². The molecule has 3 rings (SSSR count). The van der Waals surface area contributed by atoms with Crippen LogP contribution in [0.2, 0.25) is 0 Å². The molecule has 2 atom stereocenters. The Labute approximate surface area is 154 Å². The van der Waals surface area contributed by atoms with Gasteiger partial charge in [0, 0.05) is 29.7 Å². The molecule has 26 heavy (non-hydrogen) atoms. The van der Waals surface area contributed by atoms with Crippen molar-refractivity contribution in [1.29, 1.82) is 0 Å². The summed E-state index contributed by atoms with van der Waals surface area (Å²) in [6, 6.07) is 9.77. The van der Waals surface area contributed by atoms with Crippen molar-refractivity contribution in [1.82, 2.24) is 4.57 Å². The first-order valence-corrected chi connectivity index (χ1v) is 9.13. The smallest absolute Gasteiger partial charge is 0.340 e. The number of nitrogens with zero attached hydrogens (tertiary/aromatic N) is 2. The zero-order chi connectivity index (χ0) is 19.0. The zero-order valence-corrected chi connectivity index (χ0v) is 16.1. The van der Waals surface area contributed by atoms with E-state index in [0.717, 1.165) is 35.6 Å². The van der Waals surface area contributed by atoms with Crippen molar-refractivity contribution in [3.8, 4) is 0 Å². The highest BCUT2D eigenvalue weighted by Crippen LogP contribution is 2.32. The SMILES string of the molecule is CCn1c(C)cc(C(=O)O[C@H](C)C(=O)N2c3ccccc3C[C@H]2C)c1C. The van der Waals surface area contributed by atoms with Gasteiger partial charge in [-0.25, -0.2) is 4.79 Å². The van der Waals surface area contributed by atoms with Gasteiger partial charge < -0.3 is 14.2 Å². The average Bonchev–Trinajstić information content (AvgIpc) is 3.09. The van der Waals surface area contributed by atoms with Crippen LogP contribution in [0.25, 0.3) is 0 Å². The number of esters is 1. The molecule has 0 saturated heterocycles. The lowest BCUT2D eigenvalue weighted by Gasteiger charge is -2.25. The van der Waals surface area contributed by atoms with Gasteiger partial charge in [-0.05, 0) is 58.7 Å². The first-order chi connectivity index (χ1) is 12.3. The normalized spacial score (nSPS) is 17.1. The largest absolute Gasteiger partial charge is 0.449 e. The number of anilines is 1. The minimum absolute atomic E-state index is 0.0613. The number of rotatable bonds is 4. The number of benzene rings is 1. The Kier molecular flexibility index (Phi) is 4.90. The maximum atomic E-state index is 12.9. The molecule has 0 unspecified atom stereocenters. The van der Waals surface area contributed by atoms with Gasteiger partial charge in [0.25, 0.3) is 5.91 Å². The molecule has 138 valence electrons. The van der Waals surface area contributed by atoms with Crippen LogP contribution < -0.4 is 4.90 Å². The highest BCUT2D eigenvalue weighted by Gasteiger charge is 2.34. The molecule has 0 bridgehead atoms. The minimum atomic E-state index is -0.833. The molecule has 2 aromatic rings. The summed E-state index contributed by atoms with van der Waals surface area (Å²) in [5, 5.41) is 0. The molecule has 0 radical (unpaired) electrons. The van der Waals surface area contributed by atoms with Gasteiger partial charge in [0.05, 0.1) is 5.56 Å². The lowest BCUT2D eigenvalue weighted by molar-refractivity contribution is -0.126. The Bertz CT molecular complexity index is 853. The fraction of sp³-hybridized carbons (Fsp3) is 0.429. The van der Waals surface area contributed by atoms with Gasteiger partial charge in [0.1, 0.15) is 0 Å². The number of aryl methyl sites for hydroxylation is 1. The molecule has 1 aliphatic heterocycles. The summed E-state index contributed by atoms with van der Waals surface area (Å²) in [5.41, 5.74) is 4.47. The van der Waals surface area contributed by atoms with E-state index in [1.165, 1.54) is 0 Å². The second-order valence-corrected chi connectivity index (χ2v) is 6.97. The second kappa shape index (κ2) is 6.98. The van der Waals surface area contributed by atoms with Crippen molar-refractivity contribution in [3.05, 3.63) is 52.8 Å². The molecular weight excluding hydrogens is 328 g/mol. The van der Waals surface area contributed by atoms with Gasteiger partial charge in [-0.2, -0.15) is 0 Å². The molecule has 0 aliphatic carbocycles. The third kappa shape index (κ3) is 3.02. The maximum Gasteiger partial charge on any atom is 0.340 e. The van der Waals surface area contributed by atoms with E-state index in [-0.39, 0.29) is 11.9 Å². The predicted octanol–water partition coefficient (Wildman–Crippen LogP) is 3.65. The fourth-order valence-electron chi connectivity index (χ4n) is 3.87. The van der Waals surface area contributed by atoms with Crippen LogP contribution in [0.3, 0.4) is 0 Å². The summed E-state index contributed by atoms with van der Waals surface area (Å²) in [4.78, 5) is 27.3. The Balaban J connectivity index is 1.77. The predicted molar refractivity (Wildman–Crippen MR) is 102 cm³/mol. The molecule has 1 aromatic heterocycles. The third-order valence-electron chi connectivity index (χ3n) is 5.19. The van der Waals surface area contributed by atoms with Gasteiger partial charge in [-0.3, -0.25) is 4.79 Å². The number of aromatic nitrogens is 1.